The van der Waals surface area contributed by atoms with Crippen molar-refractivity contribution in [2.75, 3.05) is 0 Å². The number of amides is 1. The molecule has 130 valence electrons. The van der Waals surface area contributed by atoms with Gasteiger partial charge in [0.1, 0.15) is 11.5 Å². The van der Waals surface area contributed by atoms with Crippen LogP contribution in [0, 0.1) is 12.7 Å². The fourth-order valence-corrected chi connectivity index (χ4v) is 3.52. The molecule has 6 heteroatoms. The molecule has 0 bridgehead atoms. The molecule has 1 amide bonds. The lowest BCUT2D eigenvalue weighted by molar-refractivity contribution is 0.0571. The number of aromatic nitrogens is 1. The summed E-state index contributed by atoms with van der Waals surface area (Å²) in [4.78, 5) is 30.0. The van der Waals surface area contributed by atoms with Gasteiger partial charge in [0, 0.05) is 6.04 Å². The molecule has 0 spiro atoms. The minimum atomic E-state index is -1.07. The second kappa shape index (κ2) is 6.27. The lowest BCUT2D eigenvalue weighted by Crippen LogP contribution is -2.45. The number of carboxylic acids is 1. The fourth-order valence-electron chi connectivity index (χ4n) is 3.52. The van der Waals surface area contributed by atoms with E-state index in [0.29, 0.717) is 12.1 Å². The number of carbonyl (C=O) groups is 2. The molecule has 1 aromatic carbocycles. The highest BCUT2D eigenvalue weighted by Gasteiger charge is 2.34. The van der Waals surface area contributed by atoms with Gasteiger partial charge in [-0.3, -0.25) is 4.79 Å². The van der Waals surface area contributed by atoms with Crippen LogP contribution in [0.5, 0.6) is 0 Å². The summed E-state index contributed by atoms with van der Waals surface area (Å²) < 4.78 is 13.5. The Morgan fingerprint density at radius 3 is 2.60 bits per heavy atom. The molecular weight excluding hydrogens is 323 g/mol. The molecule has 2 heterocycles. The zero-order chi connectivity index (χ0) is 18.3. The topological polar surface area (TPSA) is 70.5 Å². The zero-order valence-corrected chi connectivity index (χ0v) is 14.3. The molecule has 0 saturated carbocycles. The maximum absolute atomic E-state index is 13.5. The molecule has 1 N–H and O–H groups in total. The Labute approximate surface area is 145 Å². The van der Waals surface area contributed by atoms with Gasteiger partial charge in [0.25, 0.3) is 5.91 Å². The number of pyridine rings is 1. The summed E-state index contributed by atoms with van der Waals surface area (Å²) in [5.74, 6) is -1.60. The van der Waals surface area contributed by atoms with Crippen LogP contribution in [0.3, 0.4) is 0 Å². The van der Waals surface area contributed by atoms with Crippen molar-refractivity contribution in [3.63, 3.8) is 0 Å². The molecule has 25 heavy (non-hydrogen) atoms. The number of aryl methyl sites for hydroxylation is 1. The van der Waals surface area contributed by atoms with Gasteiger partial charge in [-0.15, -0.1) is 0 Å². The van der Waals surface area contributed by atoms with E-state index in [1.165, 1.54) is 24.3 Å². The maximum Gasteiger partial charge on any atom is 0.337 e. The van der Waals surface area contributed by atoms with E-state index in [2.05, 4.69) is 4.98 Å². The third-order valence-corrected chi connectivity index (χ3v) is 4.73. The molecule has 1 aromatic heterocycles. The quantitative estimate of drug-likeness (QED) is 0.908. The molecule has 1 aliphatic heterocycles. The molecule has 1 aliphatic rings. The number of aromatic carboxylic acids is 1. The van der Waals surface area contributed by atoms with Crippen molar-refractivity contribution in [1.82, 2.24) is 9.88 Å². The summed E-state index contributed by atoms with van der Waals surface area (Å²) in [6, 6.07) is 7.16. The number of halogens is 1. The number of rotatable bonds is 2. The van der Waals surface area contributed by atoms with Gasteiger partial charge in [-0.25, -0.2) is 14.2 Å². The van der Waals surface area contributed by atoms with E-state index < -0.39 is 5.97 Å². The predicted molar refractivity (Wildman–Crippen MR) is 90.1 cm³/mol. The van der Waals surface area contributed by atoms with Crippen LogP contribution in [0.15, 0.2) is 30.3 Å². The summed E-state index contributed by atoms with van der Waals surface area (Å²) in [5.41, 5.74) is 2.43. The second-order valence-electron chi connectivity index (χ2n) is 6.42. The van der Waals surface area contributed by atoms with E-state index in [1.807, 2.05) is 13.8 Å². The zero-order valence-electron chi connectivity index (χ0n) is 14.3. The molecule has 0 fully saturated rings. The smallest absolute Gasteiger partial charge is 0.337 e. The van der Waals surface area contributed by atoms with Crippen LogP contribution in [0.1, 0.15) is 57.6 Å². The molecule has 5 nitrogen and oxygen atoms in total. The Bertz CT molecular complexity index is 866. The Hall–Kier alpha value is -2.76. The lowest BCUT2D eigenvalue weighted by atomic mass is 9.89. The molecule has 3 rings (SSSR count). The first kappa shape index (κ1) is 17.1. The van der Waals surface area contributed by atoms with E-state index >= 15 is 0 Å². The third kappa shape index (κ3) is 2.99. The monoisotopic (exact) mass is 342 g/mol. The van der Waals surface area contributed by atoms with Crippen LogP contribution >= 0.6 is 0 Å². The highest BCUT2D eigenvalue weighted by molar-refractivity contribution is 5.95. The first-order chi connectivity index (χ1) is 11.8. The maximum atomic E-state index is 13.5. The minimum absolute atomic E-state index is 0.0807. The third-order valence-electron chi connectivity index (χ3n) is 4.73. The number of nitrogens with zero attached hydrogens (tertiary/aromatic N) is 2. The van der Waals surface area contributed by atoms with Gasteiger partial charge in [0.15, 0.2) is 0 Å². The lowest BCUT2D eigenvalue weighted by Gasteiger charge is -2.40. The van der Waals surface area contributed by atoms with Crippen molar-refractivity contribution in [2.45, 2.75) is 39.3 Å². The Balaban J connectivity index is 1.96. The number of benzene rings is 1. The van der Waals surface area contributed by atoms with Gasteiger partial charge < -0.3 is 10.0 Å². The first-order valence-corrected chi connectivity index (χ1v) is 8.11. The molecule has 2 atom stereocenters. The van der Waals surface area contributed by atoms with Crippen molar-refractivity contribution in [2.24, 2.45) is 0 Å². The minimum Gasteiger partial charge on any atom is -0.478 e. The van der Waals surface area contributed by atoms with Gasteiger partial charge in [-0.2, -0.15) is 0 Å². The van der Waals surface area contributed by atoms with Crippen molar-refractivity contribution >= 4 is 11.9 Å². The van der Waals surface area contributed by atoms with Gasteiger partial charge in [-0.1, -0.05) is 6.07 Å². The predicted octanol–water partition coefficient (Wildman–Crippen LogP) is 3.38. The average Bonchev–Trinajstić information content (AvgIpc) is 2.53. The van der Waals surface area contributed by atoms with Gasteiger partial charge in [-0.05, 0) is 62.6 Å². The molecule has 0 radical (unpaired) electrons. The number of fused-ring (bicyclic) bond motifs is 1. The summed E-state index contributed by atoms with van der Waals surface area (Å²) in [6.07, 6.45) is 0.565. The largest absolute Gasteiger partial charge is 0.478 e. The van der Waals surface area contributed by atoms with Crippen LogP contribution in [0.25, 0.3) is 0 Å². The van der Waals surface area contributed by atoms with Crippen molar-refractivity contribution in [1.29, 1.82) is 0 Å². The van der Waals surface area contributed by atoms with E-state index in [-0.39, 0.29) is 35.1 Å². The molecule has 0 aliphatic carbocycles. The first-order valence-electron chi connectivity index (χ1n) is 8.11. The highest BCUT2D eigenvalue weighted by Crippen LogP contribution is 2.34. The second-order valence-corrected chi connectivity index (χ2v) is 6.42. The summed E-state index contributed by atoms with van der Waals surface area (Å²) in [7, 11) is 0. The van der Waals surface area contributed by atoms with E-state index in [4.69, 9.17) is 5.11 Å². The molecule has 2 unspecified atom stereocenters. The van der Waals surface area contributed by atoms with Gasteiger partial charge >= 0.3 is 5.97 Å². The summed E-state index contributed by atoms with van der Waals surface area (Å²) >= 11 is 0. The van der Waals surface area contributed by atoms with Crippen LogP contribution in [-0.2, 0) is 6.42 Å². The summed E-state index contributed by atoms with van der Waals surface area (Å²) in [5, 5.41) is 9.09. The number of carboxylic acid groups (broad SMARTS) is 1. The average molecular weight is 342 g/mol. The van der Waals surface area contributed by atoms with E-state index in [0.717, 1.165) is 11.1 Å². The number of carbonyl (C=O) groups excluding carboxylic acids is 1. The van der Waals surface area contributed by atoms with Crippen molar-refractivity contribution in [3.8, 4) is 0 Å². The van der Waals surface area contributed by atoms with Crippen LogP contribution in [-0.4, -0.2) is 32.9 Å². The Morgan fingerprint density at radius 2 is 1.96 bits per heavy atom. The molecule has 2 aromatic rings. The molecule has 0 saturated heterocycles. The van der Waals surface area contributed by atoms with Gasteiger partial charge in [0.05, 0.1) is 17.3 Å². The summed E-state index contributed by atoms with van der Waals surface area (Å²) in [6.45, 7) is 5.39. The van der Waals surface area contributed by atoms with E-state index in [9.17, 15) is 14.0 Å². The normalized spacial score (nSPS) is 19.4. The van der Waals surface area contributed by atoms with Crippen LogP contribution < -0.4 is 0 Å². The van der Waals surface area contributed by atoms with Crippen LogP contribution in [0.4, 0.5) is 4.39 Å². The number of hydrogen-bond acceptors (Lipinski definition) is 3. The van der Waals surface area contributed by atoms with Crippen molar-refractivity contribution in [3.05, 3.63) is 64.2 Å². The fraction of sp³-hybridized carbons (Fsp3) is 0.316. The SMILES string of the molecule is Cc1nc(C(=O)N2C(C)Cc3cc(F)ccc3C2C)ccc1C(=O)O. The van der Waals surface area contributed by atoms with Gasteiger partial charge in [0.2, 0.25) is 0 Å². The molecular formula is C19H19FN2O3. The standard InChI is InChI=1S/C19H19FN2O3/c1-10-8-13-9-14(20)4-5-16(13)12(3)22(10)18(23)17-7-6-15(19(24)25)11(2)21-17/h4-7,9-10,12H,8H2,1-3H3,(H,24,25). The van der Waals surface area contributed by atoms with Crippen LogP contribution in [0.2, 0.25) is 0 Å². The number of hydrogen-bond donors (Lipinski definition) is 1. The highest BCUT2D eigenvalue weighted by atomic mass is 19.1. The Morgan fingerprint density at radius 1 is 1.24 bits per heavy atom. The Kier molecular flexibility index (Phi) is 4.29. The van der Waals surface area contributed by atoms with E-state index in [1.54, 1.807) is 17.9 Å². The van der Waals surface area contributed by atoms with Crippen molar-refractivity contribution < 1.29 is 19.1 Å².